The molecule has 0 saturated heterocycles. The van der Waals surface area contributed by atoms with E-state index in [1.165, 1.54) is 24.3 Å². The maximum atomic E-state index is 13.2. The summed E-state index contributed by atoms with van der Waals surface area (Å²) in [7, 11) is -3.98. The molecule has 5 nitrogen and oxygen atoms in total. The molecule has 1 amide bonds. The number of sulfonamides is 1. The first kappa shape index (κ1) is 23.0. The van der Waals surface area contributed by atoms with Crippen LogP contribution in [0.2, 0.25) is 15.1 Å². The lowest BCUT2D eigenvalue weighted by molar-refractivity contribution is -0.121. The van der Waals surface area contributed by atoms with Gasteiger partial charge in [0.1, 0.15) is 0 Å². The molecule has 1 N–H and O–H groups in total. The summed E-state index contributed by atoms with van der Waals surface area (Å²) in [6.45, 7) is 2.00. The Balaban J connectivity index is 2.35. The van der Waals surface area contributed by atoms with Gasteiger partial charge in [0.15, 0.2) is 0 Å². The van der Waals surface area contributed by atoms with Crippen LogP contribution >= 0.6 is 34.8 Å². The Morgan fingerprint density at radius 1 is 1.04 bits per heavy atom. The Labute approximate surface area is 180 Å². The number of halogens is 3. The largest absolute Gasteiger partial charge is 0.355 e. The second-order valence-corrected chi connectivity index (χ2v) is 9.32. The predicted molar refractivity (Wildman–Crippen MR) is 113 cm³/mol. The first-order chi connectivity index (χ1) is 13.3. The summed E-state index contributed by atoms with van der Waals surface area (Å²) >= 11 is 18.3. The standard InChI is InChI=1S/C19H21Cl3N2O3S/c1-2-3-11-23-19(25)13-24(12-16-17(21)5-4-6-18(16)22)28(26,27)15-9-7-14(20)8-10-15/h4-10H,2-3,11-13H2,1H3,(H,23,25). The highest BCUT2D eigenvalue weighted by Gasteiger charge is 2.28. The zero-order valence-electron chi connectivity index (χ0n) is 15.3. The molecule has 2 rings (SSSR count). The third-order valence-electron chi connectivity index (χ3n) is 4.02. The molecule has 9 heteroatoms. The second kappa shape index (κ2) is 10.5. The lowest BCUT2D eigenvalue weighted by Crippen LogP contribution is -2.40. The van der Waals surface area contributed by atoms with E-state index in [9.17, 15) is 13.2 Å². The van der Waals surface area contributed by atoms with Gasteiger partial charge in [0.2, 0.25) is 15.9 Å². The van der Waals surface area contributed by atoms with Crippen LogP contribution in [0.4, 0.5) is 0 Å². The summed E-state index contributed by atoms with van der Waals surface area (Å²) in [5.41, 5.74) is 0.435. The smallest absolute Gasteiger partial charge is 0.243 e. The number of amides is 1. The molecular weight excluding hydrogens is 443 g/mol. The lowest BCUT2D eigenvalue weighted by Gasteiger charge is -2.23. The minimum atomic E-state index is -3.98. The van der Waals surface area contributed by atoms with Crippen LogP contribution in [0.3, 0.4) is 0 Å². The normalized spacial score (nSPS) is 11.6. The summed E-state index contributed by atoms with van der Waals surface area (Å²) in [5.74, 6) is -0.394. The summed E-state index contributed by atoms with van der Waals surface area (Å²) in [6.07, 6.45) is 1.73. The number of carbonyl (C=O) groups is 1. The zero-order chi connectivity index (χ0) is 20.7. The number of hydrogen-bond donors (Lipinski definition) is 1. The van der Waals surface area contributed by atoms with Crippen molar-refractivity contribution in [2.45, 2.75) is 31.2 Å². The van der Waals surface area contributed by atoms with Crippen molar-refractivity contribution >= 4 is 50.7 Å². The number of unbranched alkanes of at least 4 members (excludes halogenated alkanes) is 1. The Hall–Kier alpha value is -1.31. The molecule has 0 aromatic heterocycles. The monoisotopic (exact) mass is 462 g/mol. The maximum Gasteiger partial charge on any atom is 0.243 e. The molecule has 0 radical (unpaired) electrons. The molecule has 0 fully saturated rings. The molecule has 2 aromatic carbocycles. The fourth-order valence-electron chi connectivity index (χ4n) is 2.46. The molecule has 0 bridgehead atoms. The van der Waals surface area contributed by atoms with Gasteiger partial charge in [-0.3, -0.25) is 4.79 Å². The Morgan fingerprint density at radius 3 is 2.21 bits per heavy atom. The van der Waals surface area contributed by atoms with E-state index >= 15 is 0 Å². The Morgan fingerprint density at radius 2 is 1.64 bits per heavy atom. The third-order valence-corrected chi connectivity index (χ3v) is 6.79. The van der Waals surface area contributed by atoms with Crippen LogP contribution in [0.5, 0.6) is 0 Å². The fraction of sp³-hybridized carbons (Fsp3) is 0.316. The van der Waals surface area contributed by atoms with Crippen LogP contribution in [0, 0.1) is 0 Å². The van der Waals surface area contributed by atoms with Gasteiger partial charge in [-0.2, -0.15) is 4.31 Å². The van der Waals surface area contributed by atoms with Gasteiger partial charge in [0.05, 0.1) is 11.4 Å². The molecule has 2 aromatic rings. The van der Waals surface area contributed by atoms with E-state index in [2.05, 4.69) is 5.32 Å². The van der Waals surface area contributed by atoms with Crippen LogP contribution < -0.4 is 5.32 Å². The summed E-state index contributed by atoms with van der Waals surface area (Å²) < 4.78 is 27.4. The quantitative estimate of drug-likeness (QED) is 0.546. The number of hydrogen-bond acceptors (Lipinski definition) is 3. The van der Waals surface area contributed by atoms with E-state index in [-0.39, 0.29) is 18.0 Å². The van der Waals surface area contributed by atoms with Crippen molar-refractivity contribution < 1.29 is 13.2 Å². The lowest BCUT2D eigenvalue weighted by atomic mass is 10.2. The number of carbonyl (C=O) groups excluding carboxylic acids is 1. The molecule has 0 aliphatic carbocycles. The summed E-state index contributed by atoms with van der Waals surface area (Å²) in [4.78, 5) is 12.3. The molecule has 0 saturated carbocycles. The molecule has 0 atom stereocenters. The van der Waals surface area contributed by atoms with E-state index in [1.807, 2.05) is 6.92 Å². The SMILES string of the molecule is CCCCNC(=O)CN(Cc1c(Cl)cccc1Cl)S(=O)(=O)c1ccc(Cl)cc1. The minimum absolute atomic E-state index is 0.0291. The van der Waals surface area contributed by atoms with Gasteiger partial charge in [-0.25, -0.2) is 8.42 Å². The first-order valence-electron chi connectivity index (χ1n) is 8.71. The van der Waals surface area contributed by atoms with Gasteiger partial charge in [0, 0.05) is 33.7 Å². The van der Waals surface area contributed by atoms with Crippen molar-refractivity contribution in [1.29, 1.82) is 0 Å². The van der Waals surface area contributed by atoms with E-state index in [4.69, 9.17) is 34.8 Å². The predicted octanol–water partition coefficient (Wildman–Crippen LogP) is 4.75. The Bertz CT molecular complexity index is 898. The van der Waals surface area contributed by atoms with Crippen LogP contribution in [0.25, 0.3) is 0 Å². The van der Waals surface area contributed by atoms with Crippen molar-refractivity contribution in [3.63, 3.8) is 0 Å². The molecule has 152 valence electrons. The molecular formula is C19H21Cl3N2O3S. The van der Waals surface area contributed by atoms with Gasteiger partial charge < -0.3 is 5.32 Å². The van der Waals surface area contributed by atoms with Crippen LogP contribution in [-0.2, 0) is 21.4 Å². The average Bonchev–Trinajstić information content (AvgIpc) is 2.64. The molecule has 0 aliphatic rings. The van der Waals surface area contributed by atoms with Gasteiger partial charge in [-0.05, 0) is 42.8 Å². The van der Waals surface area contributed by atoms with Crippen LogP contribution in [0.1, 0.15) is 25.3 Å². The number of benzene rings is 2. The first-order valence-corrected chi connectivity index (χ1v) is 11.3. The maximum absolute atomic E-state index is 13.2. The molecule has 28 heavy (non-hydrogen) atoms. The van der Waals surface area contributed by atoms with Crippen molar-refractivity contribution in [2.75, 3.05) is 13.1 Å². The highest BCUT2D eigenvalue weighted by molar-refractivity contribution is 7.89. The van der Waals surface area contributed by atoms with Gasteiger partial charge in [0.25, 0.3) is 0 Å². The van der Waals surface area contributed by atoms with Crippen LogP contribution in [0.15, 0.2) is 47.4 Å². The summed E-state index contributed by atoms with van der Waals surface area (Å²) in [5, 5.41) is 3.80. The molecule has 0 heterocycles. The molecule has 0 aliphatic heterocycles. The van der Waals surface area contributed by atoms with Crippen molar-refractivity contribution in [2.24, 2.45) is 0 Å². The average molecular weight is 464 g/mol. The van der Waals surface area contributed by atoms with Gasteiger partial charge in [-0.15, -0.1) is 0 Å². The van der Waals surface area contributed by atoms with Crippen LogP contribution in [-0.4, -0.2) is 31.7 Å². The third kappa shape index (κ3) is 6.09. The highest BCUT2D eigenvalue weighted by Crippen LogP contribution is 2.28. The van der Waals surface area contributed by atoms with E-state index in [0.29, 0.717) is 27.2 Å². The second-order valence-electron chi connectivity index (χ2n) is 6.13. The van der Waals surface area contributed by atoms with Crippen molar-refractivity contribution in [1.82, 2.24) is 9.62 Å². The topological polar surface area (TPSA) is 66.5 Å². The van der Waals surface area contributed by atoms with Crippen molar-refractivity contribution in [3.05, 3.63) is 63.1 Å². The van der Waals surface area contributed by atoms with Gasteiger partial charge in [-0.1, -0.05) is 54.2 Å². The van der Waals surface area contributed by atoms with E-state index < -0.39 is 15.9 Å². The molecule has 0 unspecified atom stereocenters. The summed E-state index contributed by atoms with van der Waals surface area (Å²) in [6, 6.07) is 10.7. The zero-order valence-corrected chi connectivity index (χ0v) is 18.4. The minimum Gasteiger partial charge on any atom is -0.355 e. The van der Waals surface area contributed by atoms with E-state index in [0.717, 1.165) is 17.1 Å². The van der Waals surface area contributed by atoms with E-state index in [1.54, 1.807) is 18.2 Å². The number of rotatable bonds is 9. The fourth-order valence-corrected chi connectivity index (χ4v) is 4.47. The van der Waals surface area contributed by atoms with Gasteiger partial charge >= 0.3 is 0 Å². The Kier molecular flexibility index (Phi) is 8.58. The highest BCUT2D eigenvalue weighted by atomic mass is 35.5. The molecule has 0 spiro atoms. The number of nitrogens with zero attached hydrogens (tertiary/aromatic N) is 1. The number of nitrogens with one attached hydrogen (secondary N) is 1. The van der Waals surface area contributed by atoms with Crippen molar-refractivity contribution in [3.8, 4) is 0 Å².